The lowest BCUT2D eigenvalue weighted by molar-refractivity contribution is 0.424. The van der Waals surface area contributed by atoms with Crippen molar-refractivity contribution in [2.75, 3.05) is 5.73 Å². The summed E-state index contributed by atoms with van der Waals surface area (Å²) in [6.07, 6.45) is 5.24. The Morgan fingerprint density at radius 3 is 2.89 bits per heavy atom. The largest absolute Gasteiger partial charge is 0.398 e. The van der Waals surface area contributed by atoms with Crippen LogP contribution in [-0.2, 0) is 6.54 Å². The Kier molecular flexibility index (Phi) is 3.19. The minimum Gasteiger partial charge on any atom is -0.398 e. The van der Waals surface area contributed by atoms with Crippen molar-refractivity contribution in [3.63, 3.8) is 0 Å². The lowest BCUT2D eigenvalue weighted by atomic mass is 10.1. The monoisotopic (exact) mass is 257 g/mol. The van der Waals surface area contributed by atoms with E-state index in [1.165, 1.54) is 25.7 Å². The van der Waals surface area contributed by atoms with Gasteiger partial charge in [-0.25, -0.2) is 4.68 Å². The summed E-state index contributed by atoms with van der Waals surface area (Å²) in [7, 11) is 0. The molecule has 1 aliphatic carbocycles. The van der Waals surface area contributed by atoms with Crippen molar-refractivity contribution in [2.45, 2.75) is 39.2 Å². The van der Waals surface area contributed by atoms with Gasteiger partial charge in [0.1, 0.15) is 0 Å². The van der Waals surface area contributed by atoms with Crippen LogP contribution >= 0.6 is 0 Å². The summed E-state index contributed by atoms with van der Waals surface area (Å²) >= 11 is 0. The van der Waals surface area contributed by atoms with E-state index in [4.69, 9.17) is 5.73 Å². The van der Waals surface area contributed by atoms with Crippen molar-refractivity contribution in [1.82, 2.24) is 20.2 Å². The number of hydrogen-bond acceptors (Lipinski definition) is 4. The molecule has 1 saturated carbocycles. The highest BCUT2D eigenvalue weighted by molar-refractivity contribution is 5.67. The quantitative estimate of drug-likeness (QED) is 0.857. The van der Waals surface area contributed by atoms with Crippen molar-refractivity contribution >= 4 is 5.69 Å². The number of nitrogens with zero attached hydrogens (tertiary/aromatic N) is 4. The molecule has 1 aromatic carbocycles. The summed E-state index contributed by atoms with van der Waals surface area (Å²) in [5.74, 6) is 1.54. The van der Waals surface area contributed by atoms with E-state index < -0.39 is 0 Å². The van der Waals surface area contributed by atoms with Crippen LogP contribution in [-0.4, -0.2) is 20.2 Å². The summed E-state index contributed by atoms with van der Waals surface area (Å²) in [6, 6.07) is 5.89. The van der Waals surface area contributed by atoms with Crippen LogP contribution in [0.15, 0.2) is 18.2 Å². The van der Waals surface area contributed by atoms with Gasteiger partial charge in [0.2, 0.25) is 0 Å². The van der Waals surface area contributed by atoms with E-state index in [0.717, 1.165) is 29.2 Å². The molecule has 19 heavy (non-hydrogen) atoms. The molecule has 2 N–H and O–H groups in total. The molecule has 5 nitrogen and oxygen atoms in total. The number of rotatable bonds is 3. The molecule has 0 saturated heterocycles. The van der Waals surface area contributed by atoms with Crippen LogP contribution in [0.1, 0.15) is 31.2 Å². The molecule has 0 aliphatic heterocycles. The van der Waals surface area contributed by atoms with Gasteiger partial charge in [-0.15, -0.1) is 5.10 Å². The zero-order chi connectivity index (χ0) is 13.2. The molecule has 0 amide bonds. The van der Waals surface area contributed by atoms with Gasteiger partial charge in [-0.1, -0.05) is 25.0 Å². The lowest BCUT2D eigenvalue weighted by Crippen LogP contribution is -2.11. The number of hydrogen-bond donors (Lipinski definition) is 1. The standard InChI is InChI=1S/C14H19N5/c1-10-12(7-4-8-13(10)15)14-16-17-18-19(14)9-11-5-2-3-6-11/h4,7-8,11H,2-3,5-6,9,15H2,1H3. The normalized spacial score (nSPS) is 16.1. The number of aromatic nitrogens is 4. The average Bonchev–Trinajstić information content (AvgIpc) is 3.05. The first-order chi connectivity index (χ1) is 9.25. The molecule has 0 unspecified atom stereocenters. The zero-order valence-electron chi connectivity index (χ0n) is 11.2. The maximum atomic E-state index is 5.96. The topological polar surface area (TPSA) is 69.6 Å². The third kappa shape index (κ3) is 2.32. The molecule has 3 rings (SSSR count). The van der Waals surface area contributed by atoms with Crippen LogP contribution in [0.3, 0.4) is 0 Å². The maximum absolute atomic E-state index is 5.96. The van der Waals surface area contributed by atoms with Crippen LogP contribution in [0.2, 0.25) is 0 Å². The van der Waals surface area contributed by atoms with E-state index in [1.54, 1.807) is 0 Å². The molecule has 0 radical (unpaired) electrons. The molecule has 100 valence electrons. The van der Waals surface area contributed by atoms with Gasteiger partial charge in [-0.3, -0.25) is 0 Å². The van der Waals surface area contributed by atoms with E-state index in [-0.39, 0.29) is 0 Å². The Morgan fingerprint density at radius 2 is 2.11 bits per heavy atom. The van der Waals surface area contributed by atoms with E-state index in [0.29, 0.717) is 5.92 Å². The predicted octanol–water partition coefficient (Wildman–Crippen LogP) is 2.42. The van der Waals surface area contributed by atoms with Crippen LogP contribution < -0.4 is 5.73 Å². The third-order valence-electron chi connectivity index (χ3n) is 4.05. The van der Waals surface area contributed by atoms with E-state index in [1.807, 2.05) is 29.8 Å². The van der Waals surface area contributed by atoms with Crippen molar-refractivity contribution < 1.29 is 0 Å². The summed E-state index contributed by atoms with van der Waals surface area (Å²) in [5.41, 5.74) is 8.82. The van der Waals surface area contributed by atoms with E-state index in [9.17, 15) is 0 Å². The highest BCUT2D eigenvalue weighted by Gasteiger charge is 2.19. The fourth-order valence-electron chi connectivity index (χ4n) is 2.85. The van der Waals surface area contributed by atoms with E-state index >= 15 is 0 Å². The highest BCUT2D eigenvalue weighted by Crippen LogP contribution is 2.29. The molecule has 2 aromatic rings. The summed E-state index contributed by atoms with van der Waals surface area (Å²) in [6.45, 7) is 2.93. The Balaban J connectivity index is 1.92. The van der Waals surface area contributed by atoms with Gasteiger partial charge in [-0.05, 0) is 47.7 Å². The summed E-state index contributed by atoms with van der Waals surface area (Å²) in [5, 5.41) is 12.2. The Bertz CT molecular complexity index is 569. The van der Waals surface area contributed by atoms with E-state index in [2.05, 4.69) is 15.5 Å². The molecule has 1 fully saturated rings. The Hall–Kier alpha value is -1.91. The predicted molar refractivity (Wildman–Crippen MR) is 74.4 cm³/mol. The smallest absolute Gasteiger partial charge is 0.182 e. The second-order valence-corrected chi connectivity index (χ2v) is 5.35. The fourth-order valence-corrected chi connectivity index (χ4v) is 2.85. The number of nitrogen functional groups attached to an aromatic ring is 1. The van der Waals surface area contributed by atoms with Crippen LogP contribution in [0.4, 0.5) is 5.69 Å². The maximum Gasteiger partial charge on any atom is 0.182 e. The third-order valence-corrected chi connectivity index (χ3v) is 4.05. The van der Waals surface area contributed by atoms with Crippen LogP contribution in [0, 0.1) is 12.8 Å². The first-order valence-corrected chi connectivity index (χ1v) is 6.87. The number of nitrogens with two attached hydrogens (primary N) is 1. The molecule has 0 bridgehead atoms. The molecular weight excluding hydrogens is 238 g/mol. The second-order valence-electron chi connectivity index (χ2n) is 5.35. The van der Waals surface area contributed by atoms with Crippen molar-refractivity contribution in [3.05, 3.63) is 23.8 Å². The molecular formula is C14H19N5. The average molecular weight is 257 g/mol. The van der Waals surface area contributed by atoms with Crippen LogP contribution in [0.5, 0.6) is 0 Å². The van der Waals surface area contributed by atoms with Gasteiger partial charge in [-0.2, -0.15) is 0 Å². The molecule has 1 heterocycles. The molecule has 1 aromatic heterocycles. The molecule has 0 atom stereocenters. The van der Waals surface area contributed by atoms with Gasteiger partial charge in [0, 0.05) is 17.8 Å². The number of tetrazole rings is 1. The zero-order valence-corrected chi connectivity index (χ0v) is 11.2. The van der Waals surface area contributed by atoms with Gasteiger partial charge < -0.3 is 5.73 Å². The number of anilines is 1. The molecule has 0 spiro atoms. The van der Waals surface area contributed by atoms with Crippen molar-refractivity contribution in [3.8, 4) is 11.4 Å². The first kappa shape index (κ1) is 12.1. The van der Waals surface area contributed by atoms with Crippen LogP contribution in [0.25, 0.3) is 11.4 Å². The summed E-state index contributed by atoms with van der Waals surface area (Å²) in [4.78, 5) is 0. The SMILES string of the molecule is Cc1c(N)cccc1-c1nnnn1CC1CCCC1. The number of benzene rings is 1. The second kappa shape index (κ2) is 4.99. The Labute approximate surface area is 112 Å². The minimum absolute atomic E-state index is 0.712. The molecule has 5 heteroatoms. The van der Waals surface area contributed by atoms with Crippen molar-refractivity contribution in [2.24, 2.45) is 5.92 Å². The van der Waals surface area contributed by atoms with Crippen molar-refractivity contribution in [1.29, 1.82) is 0 Å². The highest BCUT2D eigenvalue weighted by atomic mass is 15.5. The van der Waals surface area contributed by atoms with Gasteiger partial charge in [0.05, 0.1) is 0 Å². The lowest BCUT2D eigenvalue weighted by Gasteiger charge is -2.12. The molecule has 1 aliphatic rings. The Morgan fingerprint density at radius 1 is 1.32 bits per heavy atom. The van der Waals surface area contributed by atoms with Gasteiger partial charge in [0.15, 0.2) is 5.82 Å². The van der Waals surface area contributed by atoms with Gasteiger partial charge in [0.25, 0.3) is 0 Å². The minimum atomic E-state index is 0.712. The first-order valence-electron chi connectivity index (χ1n) is 6.87. The fraction of sp³-hybridized carbons (Fsp3) is 0.500. The van der Waals surface area contributed by atoms with Gasteiger partial charge >= 0.3 is 0 Å². The summed E-state index contributed by atoms with van der Waals surface area (Å²) < 4.78 is 1.93.